The monoisotopic (exact) mass is 345 g/mol. The van der Waals surface area contributed by atoms with Gasteiger partial charge in [0.25, 0.3) is 0 Å². The first-order valence-corrected chi connectivity index (χ1v) is 7.84. The van der Waals surface area contributed by atoms with E-state index in [1.54, 1.807) is 0 Å². The van der Waals surface area contributed by atoms with Crippen molar-refractivity contribution in [3.63, 3.8) is 0 Å². The summed E-state index contributed by atoms with van der Waals surface area (Å²) in [5.74, 6) is 0.160. The third kappa shape index (κ3) is 4.33. The molecule has 134 valence electrons. The quantitative estimate of drug-likeness (QED) is 0.857. The molecule has 0 heterocycles. The van der Waals surface area contributed by atoms with Gasteiger partial charge in [-0.3, -0.25) is 0 Å². The minimum absolute atomic E-state index is 0.160. The minimum Gasteiger partial charge on any atom is -0.490 e. The van der Waals surface area contributed by atoms with Gasteiger partial charge in [0.2, 0.25) is 0 Å². The Morgan fingerprint density at radius 3 is 2.46 bits per heavy atom. The maximum atomic E-state index is 12.7. The van der Waals surface area contributed by atoms with Gasteiger partial charge in [0.15, 0.2) is 0 Å². The van der Waals surface area contributed by atoms with Crippen LogP contribution in [-0.4, -0.2) is 33.8 Å². The van der Waals surface area contributed by atoms with Crippen molar-refractivity contribution in [1.82, 2.24) is 4.90 Å². The third-order valence-electron chi connectivity index (χ3n) is 4.11. The van der Waals surface area contributed by atoms with Crippen LogP contribution in [0.2, 0.25) is 0 Å². The van der Waals surface area contributed by atoms with Crippen LogP contribution in [0.1, 0.15) is 45.6 Å². The molecule has 0 aromatic heterocycles. The van der Waals surface area contributed by atoms with Crippen LogP contribution in [0.5, 0.6) is 5.75 Å². The van der Waals surface area contributed by atoms with Gasteiger partial charge in [0, 0.05) is 18.0 Å². The van der Waals surface area contributed by atoms with Gasteiger partial charge < -0.3 is 14.7 Å². The summed E-state index contributed by atoms with van der Waals surface area (Å²) < 4.78 is 43.9. The fourth-order valence-electron chi connectivity index (χ4n) is 3.19. The number of amides is 1. The molecule has 0 radical (unpaired) electrons. The topological polar surface area (TPSA) is 49.8 Å². The Morgan fingerprint density at radius 1 is 1.25 bits per heavy atom. The molecular weight excluding hydrogens is 323 g/mol. The van der Waals surface area contributed by atoms with Crippen LogP contribution in [-0.2, 0) is 6.18 Å². The lowest BCUT2D eigenvalue weighted by Gasteiger charge is -2.38. The molecular formula is C17H22F3NO3. The maximum absolute atomic E-state index is 12.7. The van der Waals surface area contributed by atoms with Crippen LogP contribution in [0.15, 0.2) is 24.3 Å². The number of halogens is 3. The second-order valence-corrected chi connectivity index (χ2v) is 7.06. The van der Waals surface area contributed by atoms with Gasteiger partial charge in [-0.15, -0.1) is 0 Å². The van der Waals surface area contributed by atoms with Crippen molar-refractivity contribution in [3.05, 3.63) is 29.8 Å². The van der Waals surface area contributed by atoms with Gasteiger partial charge >= 0.3 is 12.3 Å². The highest BCUT2D eigenvalue weighted by molar-refractivity contribution is 5.66. The molecule has 1 aliphatic rings. The molecule has 24 heavy (non-hydrogen) atoms. The van der Waals surface area contributed by atoms with Crippen molar-refractivity contribution >= 4 is 6.09 Å². The zero-order valence-electron chi connectivity index (χ0n) is 13.9. The van der Waals surface area contributed by atoms with E-state index in [1.807, 2.05) is 20.8 Å². The minimum atomic E-state index is -4.41. The van der Waals surface area contributed by atoms with E-state index in [1.165, 1.54) is 17.0 Å². The molecule has 2 rings (SSSR count). The zero-order valence-corrected chi connectivity index (χ0v) is 13.9. The van der Waals surface area contributed by atoms with Crippen molar-refractivity contribution in [2.45, 2.75) is 63.9 Å². The Balaban J connectivity index is 2.05. The average molecular weight is 345 g/mol. The number of hydrogen-bond acceptors (Lipinski definition) is 2. The van der Waals surface area contributed by atoms with Crippen LogP contribution in [0.25, 0.3) is 0 Å². The molecule has 1 amide bonds. The Kier molecular flexibility index (Phi) is 5.01. The summed E-state index contributed by atoms with van der Waals surface area (Å²) in [4.78, 5) is 12.9. The summed E-state index contributed by atoms with van der Waals surface area (Å²) >= 11 is 0. The van der Waals surface area contributed by atoms with Gasteiger partial charge in [-0.1, -0.05) is 6.07 Å². The molecule has 1 aromatic carbocycles. The molecule has 2 atom stereocenters. The highest BCUT2D eigenvalue weighted by Crippen LogP contribution is 2.34. The first-order chi connectivity index (χ1) is 11.0. The molecule has 4 nitrogen and oxygen atoms in total. The number of alkyl halides is 3. The van der Waals surface area contributed by atoms with E-state index in [-0.39, 0.29) is 17.9 Å². The summed E-state index contributed by atoms with van der Waals surface area (Å²) in [7, 11) is 0. The van der Waals surface area contributed by atoms with E-state index in [0.717, 1.165) is 12.1 Å². The van der Waals surface area contributed by atoms with Crippen molar-refractivity contribution in [2.75, 3.05) is 0 Å². The Labute approximate surface area is 139 Å². The van der Waals surface area contributed by atoms with Crippen LogP contribution < -0.4 is 4.74 Å². The molecule has 1 fully saturated rings. The fourth-order valence-corrected chi connectivity index (χ4v) is 3.19. The van der Waals surface area contributed by atoms with Gasteiger partial charge in [-0.05, 0) is 51.8 Å². The standard InChI is InChI=1S/C17H22F3NO3/c1-16(2,3)21(15(22)23)12-7-8-14(10-12)24-13-6-4-5-11(9-13)17(18,19)20/h4-6,9,12,14H,7-8,10H2,1-3H3,(H,22,23). The van der Waals surface area contributed by atoms with E-state index in [2.05, 4.69) is 0 Å². The van der Waals surface area contributed by atoms with Crippen LogP contribution >= 0.6 is 0 Å². The van der Waals surface area contributed by atoms with Crippen molar-refractivity contribution < 1.29 is 27.8 Å². The molecule has 0 bridgehead atoms. The molecule has 2 unspecified atom stereocenters. The molecule has 1 saturated carbocycles. The highest BCUT2D eigenvalue weighted by Gasteiger charge is 2.39. The molecule has 1 aliphatic carbocycles. The van der Waals surface area contributed by atoms with Gasteiger partial charge in [0.1, 0.15) is 11.9 Å². The second kappa shape index (κ2) is 6.53. The number of hydrogen-bond donors (Lipinski definition) is 1. The summed E-state index contributed by atoms with van der Waals surface area (Å²) in [5, 5.41) is 9.43. The van der Waals surface area contributed by atoms with E-state index in [4.69, 9.17) is 4.74 Å². The molecule has 1 aromatic rings. The lowest BCUT2D eigenvalue weighted by atomic mass is 10.0. The van der Waals surface area contributed by atoms with Crippen LogP contribution in [0.4, 0.5) is 18.0 Å². The predicted octanol–water partition coefficient (Wildman–Crippen LogP) is 4.78. The van der Waals surface area contributed by atoms with Gasteiger partial charge in [-0.2, -0.15) is 13.2 Å². The van der Waals surface area contributed by atoms with E-state index < -0.39 is 23.4 Å². The zero-order chi connectivity index (χ0) is 18.1. The van der Waals surface area contributed by atoms with E-state index >= 15 is 0 Å². The van der Waals surface area contributed by atoms with Gasteiger partial charge in [-0.25, -0.2) is 4.79 Å². The highest BCUT2D eigenvalue weighted by atomic mass is 19.4. The first kappa shape index (κ1) is 18.4. The van der Waals surface area contributed by atoms with Crippen molar-refractivity contribution in [2.24, 2.45) is 0 Å². The molecule has 0 spiro atoms. The Hall–Kier alpha value is -1.92. The summed E-state index contributed by atoms with van der Waals surface area (Å²) in [5.41, 5.74) is -1.29. The normalized spacial score (nSPS) is 21.6. The summed E-state index contributed by atoms with van der Waals surface area (Å²) in [6.45, 7) is 5.46. The van der Waals surface area contributed by atoms with Crippen LogP contribution in [0.3, 0.4) is 0 Å². The smallest absolute Gasteiger partial charge is 0.416 e. The van der Waals surface area contributed by atoms with Crippen molar-refractivity contribution in [3.8, 4) is 5.75 Å². The molecule has 7 heteroatoms. The fraction of sp³-hybridized carbons (Fsp3) is 0.588. The van der Waals surface area contributed by atoms with Crippen molar-refractivity contribution in [1.29, 1.82) is 0 Å². The SMILES string of the molecule is CC(C)(C)N(C(=O)O)C1CCC(Oc2cccc(C(F)(F)F)c2)C1. The third-order valence-corrected chi connectivity index (χ3v) is 4.11. The number of ether oxygens (including phenoxy) is 1. The lowest BCUT2D eigenvalue weighted by molar-refractivity contribution is -0.137. The summed E-state index contributed by atoms with van der Waals surface area (Å²) in [6, 6.07) is 4.57. The maximum Gasteiger partial charge on any atom is 0.416 e. The molecule has 0 aliphatic heterocycles. The van der Waals surface area contributed by atoms with E-state index in [9.17, 15) is 23.1 Å². The molecule has 0 saturated heterocycles. The van der Waals surface area contributed by atoms with Crippen LogP contribution in [0, 0.1) is 0 Å². The predicted molar refractivity (Wildman–Crippen MR) is 83.1 cm³/mol. The first-order valence-electron chi connectivity index (χ1n) is 7.84. The van der Waals surface area contributed by atoms with E-state index in [0.29, 0.717) is 19.3 Å². The molecule has 1 N–H and O–H groups in total. The Bertz CT molecular complexity index is 595. The second-order valence-electron chi connectivity index (χ2n) is 7.06. The average Bonchev–Trinajstić information content (AvgIpc) is 2.83. The number of rotatable bonds is 3. The number of carbonyl (C=O) groups is 1. The number of benzene rings is 1. The Morgan fingerprint density at radius 2 is 1.92 bits per heavy atom. The number of carboxylic acid groups (broad SMARTS) is 1. The number of nitrogens with zero attached hydrogens (tertiary/aromatic N) is 1. The lowest BCUT2D eigenvalue weighted by Crippen LogP contribution is -2.50. The summed E-state index contributed by atoms with van der Waals surface area (Å²) in [6.07, 6.45) is -3.98. The van der Waals surface area contributed by atoms with Gasteiger partial charge in [0.05, 0.1) is 5.56 Å². The largest absolute Gasteiger partial charge is 0.490 e.